The van der Waals surface area contributed by atoms with Crippen LogP contribution in [0.1, 0.15) is 5.56 Å². The lowest BCUT2D eigenvalue weighted by molar-refractivity contribution is 0.257. The molecule has 0 bridgehead atoms. The molecule has 0 spiro atoms. The van der Waals surface area contributed by atoms with Crippen LogP contribution in [0.15, 0.2) is 71.6 Å². The molecule has 0 aromatic heterocycles. The molecular formula is C25H24Cl2N4OS. The first kappa shape index (κ1) is 22.4. The van der Waals surface area contributed by atoms with Crippen LogP contribution in [0, 0.1) is 0 Å². The third-order valence-corrected chi connectivity index (χ3v) is 7.61. The molecule has 0 aliphatic carbocycles. The van der Waals surface area contributed by atoms with Gasteiger partial charge in [0.05, 0.1) is 10.7 Å². The van der Waals surface area contributed by atoms with E-state index in [2.05, 4.69) is 38.8 Å². The van der Waals surface area contributed by atoms with E-state index in [-0.39, 0.29) is 6.03 Å². The quantitative estimate of drug-likeness (QED) is 0.421. The van der Waals surface area contributed by atoms with E-state index < -0.39 is 0 Å². The predicted molar refractivity (Wildman–Crippen MR) is 139 cm³/mol. The van der Waals surface area contributed by atoms with Gasteiger partial charge in [-0.05, 0) is 72.5 Å². The van der Waals surface area contributed by atoms with Gasteiger partial charge in [0.2, 0.25) is 0 Å². The summed E-state index contributed by atoms with van der Waals surface area (Å²) in [6.07, 6.45) is 0.849. The number of nitrogens with zero attached hydrogens (tertiary/aromatic N) is 3. The molecule has 0 atom stereocenters. The molecule has 1 fully saturated rings. The zero-order valence-electron chi connectivity index (χ0n) is 18.0. The number of amides is 2. The summed E-state index contributed by atoms with van der Waals surface area (Å²) in [7, 11) is 0. The molecule has 0 saturated carbocycles. The monoisotopic (exact) mass is 498 g/mol. The summed E-state index contributed by atoms with van der Waals surface area (Å²) in [4.78, 5) is 18.2. The number of fused-ring (bicyclic) bond motifs is 1. The van der Waals surface area contributed by atoms with Crippen molar-refractivity contribution in [3.8, 4) is 0 Å². The normalized spacial score (nSPS) is 16.1. The Morgan fingerprint density at radius 1 is 0.879 bits per heavy atom. The lowest BCUT2D eigenvalue weighted by atomic mass is 10.2. The second-order valence-corrected chi connectivity index (χ2v) is 10.1. The van der Waals surface area contributed by atoms with Crippen molar-refractivity contribution in [1.82, 2.24) is 4.31 Å². The number of nitrogens with one attached hydrogen (secondary N) is 1. The maximum absolute atomic E-state index is 12.8. The number of rotatable bonds is 4. The second-order valence-electron chi connectivity index (χ2n) is 8.09. The fourth-order valence-electron chi connectivity index (χ4n) is 4.25. The molecule has 2 heterocycles. The van der Waals surface area contributed by atoms with E-state index in [1.807, 2.05) is 36.4 Å². The van der Waals surface area contributed by atoms with Crippen LogP contribution in [0.5, 0.6) is 0 Å². The first-order valence-electron chi connectivity index (χ1n) is 11.0. The molecule has 2 amide bonds. The number of urea groups is 1. The Balaban J connectivity index is 1.19. The van der Waals surface area contributed by atoms with Crippen LogP contribution in [-0.2, 0) is 6.42 Å². The van der Waals surface area contributed by atoms with E-state index in [0.717, 1.165) is 43.3 Å². The SMILES string of the molecule is O=C(Nc1ccccc1Cl)N1CCc2cc(SN3CCN(c4cccc(Cl)c4)CC3)ccc21. The summed E-state index contributed by atoms with van der Waals surface area (Å²) in [6.45, 7) is 4.54. The molecule has 2 aliphatic rings. The zero-order chi connectivity index (χ0) is 22.8. The largest absolute Gasteiger partial charge is 0.369 e. The smallest absolute Gasteiger partial charge is 0.326 e. The van der Waals surface area contributed by atoms with Gasteiger partial charge in [-0.3, -0.25) is 4.90 Å². The number of piperazine rings is 1. The van der Waals surface area contributed by atoms with Gasteiger partial charge in [-0.1, -0.05) is 41.4 Å². The van der Waals surface area contributed by atoms with Gasteiger partial charge in [-0.2, -0.15) is 0 Å². The van der Waals surface area contributed by atoms with Crippen molar-refractivity contribution in [2.24, 2.45) is 0 Å². The highest BCUT2D eigenvalue weighted by Gasteiger charge is 2.26. The van der Waals surface area contributed by atoms with Crippen LogP contribution >= 0.6 is 35.1 Å². The van der Waals surface area contributed by atoms with Crippen LogP contribution in [0.2, 0.25) is 10.0 Å². The average Bonchev–Trinajstić information content (AvgIpc) is 3.24. The minimum Gasteiger partial charge on any atom is -0.369 e. The molecular weight excluding hydrogens is 475 g/mol. The van der Waals surface area contributed by atoms with E-state index in [1.54, 1.807) is 22.9 Å². The first-order valence-corrected chi connectivity index (χ1v) is 12.5. The lowest BCUT2D eigenvalue weighted by Crippen LogP contribution is -2.43. The summed E-state index contributed by atoms with van der Waals surface area (Å²) >= 11 is 14.1. The third kappa shape index (κ3) is 5.09. The van der Waals surface area contributed by atoms with E-state index >= 15 is 0 Å². The Morgan fingerprint density at radius 2 is 1.70 bits per heavy atom. The molecule has 5 rings (SSSR count). The average molecular weight is 499 g/mol. The Morgan fingerprint density at radius 3 is 2.48 bits per heavy atom. The molecule has 5 nitrogen and oxygen atoms in total. The van der Waals surface area contributed by atoms with E-state index in [4.69, 9.17) is 23.2 Å². The van der Waals surface area contributed by atoms with Crippen LogP contribution in [0.3, 0.4) is 0 Å². The Hall–Kier alpha value is -2.38. The van der Waals surface area contributed by atoms with Crippen LogP contribution < -0.4 is 15.1 Å². The second kappa shape index (κ2) is 9.85. The van der Waals surface area contributed by atoms with Crippen LogP contribution in [0.4, 0.5) is 21.9 Å². The summed E-state index contributed by atoms with van der Waals surface area (Å²) in [6, 6.07) is 21.6. The number of carbonyl (C=O) groups excluding carboxylic acids is 1. The summed E-state index contributed by atoms with van der Waals surface area (Å²) < 4.78 is 2.40. The molecule has 170 valence electrons. The van der Waals surface area contributed by atoms with Crippen molar-refractivity contribution in [3.05, 3.63) is 82.3 Å². The molecule has 0 unspecified atom stereocenters. The van der Waals surface area contributed by atoms with E-state index in [1.165, 1.54) is 16.1 Å². The number of benzene rings is 3. The van der Waals surface area contributed by atoms with Gasteiger partial charge in [-0.15, -0.1) is 0 Å². The van der Waals surface area contributed by atoms with Gasteiger partial charge < -0.3 is 10.2 Å². The molecule has 2 aliphatic heterocycles. The van der Waals surface area contributed by atoms with Crippen molar-refractivity contribution in [3.63, 3.8) is 0 Å². The zero-order valence-corrected chi connectivity index (χ0v) is 20.3. The van der Waals surface area contributed by atoms with Crippen molar-refractivity contribution < 1.29 is 4.79 Å². The Labute approximate surface area is 208 Å². The number of hydrogen-bond donors (Lipinski definition) is 1. The molecule has 0 radical (unpaired) electrons. The minimum absolute atomic E-state index is 0.153. The van der Waals surface area contributed by atoms with Crippen molar-refractivity contribution >= 4 is 58.2 Å². The van der Waals surface area contributed by atoms with Gasteiger partial charge in [0.1, 0.15) is 0 Å². The maximum atomic E-state index is 12.8. The number of anilines is 3. The van der Waals surface area contributed by atoms with Gasteiger partial charge in [0.15, 0.2) is 0 Å². The van der Waals surface area contributed by atoms with Gasteiger partial charge in [-0.25, -0.2) is 9.10 Å². The molecule has 33 heavy (non-hydrogen) atoms. The van der Waals surface area contributed by atoms with Crippen molar-refractivity contribution in [1.29, 1.82) is 0 Å². The first-order chi connectivity index (χ1) is 16.1. The summed E-state index contributed by atoms with van der Waals surface area (Å²) in [5.41, 5.74) is 3.98. The van der Waals surface area contributed by atoms with Gasteiger partial charge >= 0.3 is 6.03 Å². The maximum Gasteiger partial charge on any atom is 0.326 e. The Bertz CT molecular complexity index is 1170. The van der Waals surface area contributed by atoms with Crippen molar-refractivity contribution in [2.75, 3.05) is 47.8 Å². The molecule has 1 saturated heterocycles. The molecule has 3 aromatic rings. The third-order valence-electron chi connectivity index (χ3n) is 5.95. The fourth-order valence-corrected chi connectivity index (χ4v) is 5.59. The number of hydrogen-bond acceptors (Lipinski definition) is 4. The minimum atomic E-state index is -0.153. The van der Waals surface area contributed by atoms with Gasteiger partial charge in [0, 0.05) is 54.0 Å². The van der Waals surface area contributed by atoms with E-state index in [9.17, 15) is 4.79 Å². The van der Waals surface area contributed by atoms with Crippen LogP contribution in [0.25, 0.3) is 0 Å². The molecule has 1 N–H and O–H groups in total. The standard InChI is InChI=1S/C25H24Cl2N4OS/c26-19-4-3-5-20(17-19)29-12-14-30(15-13-29)33-21-8-9-24-18(16-21)10-11-31(24)25(32)28-23-7-2-1-6-22(23)27/h1-9,16-17H,10-15H2,(H,28,32). The van der Waals surface area contributed by atoms with Gasteiger partial charge in [0.25, 0.3) is 0 Å². The summed E-state index contributed by atoms with van der Waals surface area (Å²) in [5.74, 6) is 0. The predicted octanol–water partition coefficient (Wildman–Crippen LogP) is 6.42. The fraction of sp³-hybridized carbons (Fsp3) is 0.240. The number of para-hydroxylation sites is 1. The highest BCUT2D eigenvalue weighted by molar-refractivity contribution is 7.97. The number of halogens is 2. The molecule has 8 heteroatoms. The lowest BCUT2D eigenvalue weighted by Gasteiger charge is -2.35. The number of carbonyl (C=O) groups is 1. The highest BCUT2D eigenvalue weighted by Crippen LogP contribution is 2.34. The van der Waals surface area contributed by atoms with E-state index in [0.29, 0.717) is 17.3 Å². The highest BCUT2D eigenvalue weighted by atomic mass is 35.5. The summed E-state index contributed by atoms with van der Waals surface area (Å²) in [5, 5.41) is 4.23. The molecule has 3 aromatic carbocycles. The topological polar surface area (TPSA) is 38.8 Å². The van der Waals surface area contributed by atoms with Crippen molar-refractivity contribution in [2.45, 2.75) is 11.3 Å². The van der Waals surface area contributed by atoms with Crippen LogP contribution in [-0.4, -0.2) is 43.1 Å². The Kier molecular flexibility index (Phi) is 6.69.